The van der Waals surface area contributed by atoms with Crippen molar-refractivity contribution in [3.8, 4) is 0 Å². The number of hydrogen-bond acceptors (Lipinski definition) is 2. The predicted molar refractivity (Wildman–Crippen MR) is 103 cm³/mol. The van der Waals surface area contributed by atoms with E-state index in [9.17, 15) is 22.0 Å². The van der Waals surface area contributed by atoms with Gasteiger partial charge in [0.2, 0.25) is 5.82 Å². The highest BCUT2D eigenvalue weighted by Crippen LogP contribution is 2.24. The van der Waals surface area contributed by atoms with Gasteiger partial charge in [-0.15, -0.1) is 12.6 Å². The number of halogens is 5. The molecule has 0 radical (unpaired) electrons. The first kappa shape index (κ1) is 29.9. The molecule has 0 saturated carbocycles. The Labute approximate surface area is 161 Å². The van der Waals surface area contributed by atoms with Gasteiger partial charge in [0.05, 0.1) is 4.90 Å². The summed E-state index contributed by atoms with van der Waals surface area (Å²) in [5.41, 5.74) is 0. The van der Waals surface area contributed by atoms with Gasteiger partial charge in [-0.25, -0.2) is 22.0 Å². The Bertz CT molecular complexity index is 386. The molecule has 0 bridgehead atoms. The summed E-state index contributed by atoms with van der Waals surface area (Å²) in [7, 11) is 2.16. The monoisotopic (exact) mass is 403 g/mol. The van der Waals surface area contributed by atoms with Crippen LogP contribution in [0.2, 0.25) is 0 Å². The first-order valence-electron chi connectivity index (χ1n) is 8.78. The molecule has 0 fully saturated rings. The van der Waals surface area contributed by atoms with Gasteiger partial charge in [0.25, 0.3) is 0 Å². The van der Waals surface area contributed by atoms with Crippen LogP contribution in [0.3, 0.4) is 0 Å². The van der Waals surface area contributed by atoms with Gasteiger partial charge in [0.15, 0.2) is 23.3 Å². The lowest BCUT2D eigenvalue weighted by molar-refractivity contribution is 0.275. The molecule has 0 aliphatic heterocycles. The SMILES string of the molecule is CC.CC(C)C.CCCN(C)C(C)C.Fc1c(F)c(F)c(S)c(F)c1F. The molecule has 0 N–H and O–H groups in total. The minimum Gasteiger partial charge on any atom is -0.304 e. The van der Waals surface area contributed by atoms with Gasteiger partial charge in [0, 0.05) is 6.04 Å². The number of benzene rings is 1. The topological polar surface area (TPSA) is 3.24 Å². The quantitative estimate of drug-likeness (QED) is 0.244. The van der Waals surface area contributed by atoms with Crippen molar-refractivity contribution in [2.75, 3.05) is 13.6 Å². The van der Waals surface area contributed by atoms with Gasteiger partial charge in [-0.05, 0) is 39.8 Å². The Kier molecular flexibility index (Phi) is 18.8. The van der Waals surface area contributed by atoms with E-state index < -0.39 is 34.0 Å². The summed E-state index contributed by atoms with van der Waals surface area (Å²) < 4.78 is 61.3. The average Bonchev–Trinajstić information content (AvgIpc) is 2.58. The van der Waals surface area contributed by atoms with E-state index in [0.29, 0.717) is 6.04 Å². The highest BCUT2D eigenvalue weighted by molar-refractivity contribution is 7.80. The van der Waals surface area contributed by atoms with Gasteiger partial charge >= 0.3 is 0 Å². The summed E-state index contributed by atoms with van der Waals surface area (Å²) in [5.74, 6) is -9.16. The van der Waals surface area contributed by atoms with Crippen molar-refractivity contribution in [3.05, 3.63) is 29.1 Å². The number of thiol groups is 1. The second kappa shape index (κ2) is 16.4. The maximum absolute atomic E-state index is 12.3. The van der Waals surface area contributed by atoms with E-state index in [1.807, 2.05) is 13.8 Å². The third-order valence-electron chi connectivity index (χ3n) is 2.64. The third-order valence-corrected chi connectivity index (χ3v) is 3.04. The molecule has 0 spiro atoms. The van der Waals surface area contributed by atoms with Crippen molar-refractivity contribution in [2.24, 2.45) is 5.92 Å². The van der Waals surface area contributed by atoms with Crippen LogP contribution in [-0.4, -0.2) is 24.5 Å². The molecule has 1 aromatic rings. The third kappa shape index (κ3) is 12.5. The van der Waals surface area contributed by atoms with Crippen molar-refractivity contribution >= 4 is 12.6 Å². The van der Waals surface area contributed by atoms with E-state index in [0.717, 1.165) is 5.92 Å². The van der Waals surface area contributed by atoms with E-state index in [4.69, 9.17) is 0 Å². The molecule has 0 aromatic heterocycles. The first-order chi connectivity index (χ1) is 11.9. The molecule has 156 valence electrons. The average molecular weight is 404 g/mol. The molecule has 0 saturated heterocycles. The molecule has 1 rings (SSSR count). The second-order valence-corrected chi connectivity index (χ2v) is 6.67. The van der Waals surface area contributed by atoms with Crippen LogP contribution < -0.4 is 0 Å². The second-order valence-electron chi connectivity index (χ2n) is 6.22. The van der Waals surface area contributed by atoms with Crippen molar-refractivity contribution in [2.45, 2.75) is 72.7 Å². The maximum Gasteiger partial charge on any atom is 0.200 e. The van der Waals surface area contributed by atoms with Crippen molar-refractivity contribution in [1.29, 1.82) is 0 Å². The predicted octanol–water partition coefficient (Wildman–Crippen LogP) is 7.10. The lowest BCUT2D eigenvalue weighted by Crippen LogP contribution is -2.26. The highest BCUT2D eigenvalue weighted by atomic mass is 32.1. The summed E-state index contributed by atoms with van der Waals surface area (Å²) >= 11 is 3.10. The standard InChI is InChI=1S/C7H17N.C6HF5S.C4H10.C2H6/c1-5-6-8(4)7(2)3;7-1-2(8)4(10)6(12)5(11)3(1)9;1-4(2)3;1-2/h7H,5-6H2,1-4H3;12H;4H,1-3H3;1-2H3. The van der Waals surface area contributed by atoms with Crippen LogP contribution in [0.15, 0.2) is 4.90 Å². The van der Waals surface area contributed by atoms with E-state index in [1.54, 1.807) is 0 Å². The van der Waals surface area contributed by atoms with Crippen LogP contribution in [0.25, 0.3) is 0 Å². The molecule has 0 aliphatic carbocycles. The molecule has 1 aromatic carbocycles. The van der Waals surface area contributed by atoms with Gasteiger partial charge in [-0.2, -0.15) is 0 Å². The van der Waals surface area contributed by atoms with Crippen LogP contribution in [0.4, 0.5) is 22.0 Å². The van der Waals surface area contributed by atoms with Gasteiger partial charge < -0.3 is 4.90 Å². The zero-order chi connectivity index (χ0) is 21.6. The van der Waals surface area contributed by atoms with E-state index >= 15 is 0 Å². The first-order valence-corrected chi connectivity index (χ1v) is 9.23. The smallest absolute Gasteiger partial charge is 0.200 e. The van der Waals surface area contributed by atoms with Crippen LogP contribution in [-0.2, 0) is 0 Å². The van der Waals surface area contributed by atoms with Crippen molar-refractivity contribution < 1.29 is 22.0 Å². The van der Waals surface area contributed by atoms with Crippen molar-refractivity contribution in [1.82, 2.24) is 4.90 Å². The van der Waals surface area contributed by atoms with Gasteiger partial charge in [0.1, 0.15) is 0 Å². The Balaban J connectivity index is -0.000000328. The molecule has 7 heteroatoms. The molecular formula is C19H34F5NS. The summed E-state index contributed by atoms with van der Waals surface area (Å²) in [5, 5.41) is 0. The molecular weight excluding hydrogens is 369 g/mol. The minimum atomic E-state index is -2.18. The zero-order valence-electron chi connectivity index (χ0n) is 17.4. The van der Waals surface area contributed by atoms with Gasteiger partial charge in [-0.3, -0.25) is 0 Å². The largest absolute Gasteiger partial charge is 0.304 e. The fraction of sp³-hybridized carbons (Fsp3) is 0.684. The molecule has 0 aliphatic rings. The molecule has 0 heterocycles. The lowest BCUT2D eigenvalue weighted by Gasteiger charge is -2.19. The summed E-state index contributed by atoms with van der Waals surface area (Å²) in [6.07, 6.45) is 1.26. The van der Waals surface area contributed by atoms with Crippen LogP contribution in [0, 0.1) is 35.0 Å². The van der Waals surface area contributed by atoms with Gasteiger partial charge in [-0.1, -0.05) is 41.5 Å². The summed E-state index contributed by atoms with van der Waals surface area (Å²) in [4.78, 5) is 1.17. The normalized spacial score (nSPS) is 9.92. The number of rotatable bonds is 3. The Morgan fingerprint density at radius 1 is 0.769 bits per heavy atom. The van der Waals surface area contributed by atoms with E-state index in [2.05, 4.69) is 66.1 Å². The van der Waals surface area contributed by atoms with E-state index in [-0.39, 0.29) is 0 Å². The molecule has 0 amide bonds. The summed E-state index contributed by atoms with van der Waals surface area (Å²) in [6, 6.07) is 0.704. The lowest BCUT2D eigenvalue weighted by atomic mass is 10.3. The maximum atomic E-state index is 12.3. The molecule has 1 nitrogen and oxygen atoms in total. The molecule has 0 atom stereocenters. The Hall–Kier alpha value is -0.820. The highest BCUT2D eigenvalue weighted by Gasteiger charge is 2.23. The fourth-order valence-electron chi connectivity index (χ4n) is 1.20. The van der Waals surface area contributed by atoms with Crippen molar-refractivity contribution in [3.63, 3.8) is 0 Å². The number of nitrogens with zero attached hydrogens (tertiary/aromatic N) is 1. The van der Waals surface area contributed by atoms with Crippen LogP contribution in [0.5, 0.6) is 0 Å². The minimum absolute atomic E-state index is 0.704. The Morgan fingerprint density at radius 2 is 1.04 bits per heavy atom. The Morgan fingerprint density at radius 3 is 1.23 bits per heavy atom. The zero-order valence-corrected chi connectivity index (χ0v) is 18.2. The fourth-order valence-corrected chi connectivity index (χ4v) is 1.40. The van der Waals surface area contributed by atoms with E-state index in [1.165, 1.54) is 13.0 Å². The molecule has 0 unspecified atom stereocenters. The van der Waals surface area contributed by atoms with Crippen LogP contribution >= 0.6 is 12.6 Å². The molecule has 26 heavy (non-hydrogen) atoms. The number of hydrogen-bond donors (Lipinski definition) is 1. The van der Waals surface area contributed by atoms with Crippen LogP contribution in [0.1, 0.15) is 61.8 Å². The summed E-state index contributed by atoms with van der Waals surface area (Å²) in [6.45, 7) is 18.4.